The van der Waals surface area contributed by atoms with Gasteiger partial charge < -0.3 is 23.8 Å². The van der Waals surface area contributed by atoms with Crippen molar-refractivity contribution in [2.75, 3.05) is 6.61 Å². The molecule has 1 aromatic heterocycles. The quantitative estimate of drug-likeness (QED) is 0.140. The van der Waals surface area contributed by atoms with Gasteiger partial charge in [0.15, 0.2) is 6.23 Å². The number of ether oxygens (including phenoxy) is 3. The van der Waals surface area contributed by atoms with Crippen molar-refractivity contribution in [1.29, 1.82) is 0 Å². The molecule has 5 atom stereocenters. The van der Waals surface area contributed by atoms with Crippen LogP contribution >= 0.6 is 7.67 Å². The molecule has 14 nitrogen and oxygen atoms in total. The van der Waals surface area contributed by atoms with Crippen molar-refractivity contribution in [2.45, 2.75) is 127 Å². The molecule has 0 bridgehead atoms. The van der Waals surface area contributed by atoms with Crippen LogP contribution in [0.2, 0.25) is 0 Å². The molecular weight excluding hydrogens is 595 g/mol. The second kappa shape index (κ2) is 15.1. The van der Waals surface area contributed by atoms with E-state index in [0.29, 0.717) is 0 Å². The van der Waals surface area contributed by atoms with Gasteiger partial charge in [0.25, 0.3) is 5.56 Å². The maximum atomic E-state index is 14.3. The summed E-state index contributed by atoms with van der Waals surface area (Å²) >= 11 is 0. The number of esters is 2. The van der Waals surface area contributed by atoms with E-state index >= 15 is 0 Å². The fourth-order valence-electron chi connectivity index (χ4n) is 5.80. The van der Waals surface area contributed by atoms with Crippen LogP contribution in [0.3, 0.4) is 0 Å². The lowest BCUT2D eigenvalue weighted by Gasteiger charge is -2.31. The molecule has 4 N–H and O–H groups in total. The highest BCUT2D eigenvalue weighted by atomic mass is 31.2. The summed E-state index contributed by atoms with van der Waals surface area (Å²) in [5, 5.41) is 16.2. The molecule has 2 saturated carbocycles. The van der Waals surface area contributed by atoms with Gasteiger partial charge in [0, 0.05) is 18.7 Å². The van der Waals surface area contributed by atoms with Crippen LogP contribution in [0.25, 0.3) is 0 Å². The van der Waals surface area contributed by atoms with Crippen LogP contribution in [0.1, 0.15) is 90.7 Å². The second-order valence-electron chi connectivity index (χ2n) is 12.0. The predicted molar refractivity (Wildman–Crippen MR) is 160 cm³/mol. The fraction of sp³-hybridized carbons (Fsp3) is 0.724. The van der Waals surface area contributed by atoms with Crippen LogP contribution in [0.15, 0.2) is 34.5 Å². The van der Waals surface area contributed by atoms with Crippen molar-refractivity contribution in [2.24, 2.45) is 0 Å². The Morgan fingerprint density at radius 3 is 2.07 bits per heavy atom. The lowest BCUT2D eigenvalue weighted by molar-refractivity contribution is -0.152. The Morgan fingerprint density at radius 1 is 1.07 bits per heavy atom. The first-order valence-corrected chi connectivity index (χ1v) is 17.1. The first-order valence-electron chi connectivity index (χ1n) is 15.4. The number of aliphatic hydroxyl groups is 1. The summed E-state index contributed by atoms with van der Waals surface area (Å²) < 4.78 is 38.4. The average Bonchev–Trinajstić information content (AvgIpc) is 3.33. The summed E-state index contributed by atoms with van der Waals surface area (Å²) in [6.07, 6.45) is 8.68. The van der Waals surface area contributed by atoms with E-state index in [4.69, 9.17) is 18.7 Å². The van der Waals surface area contributed by atoms with Gasteiger partial charge in [-0.15, -0.1) is 6.58 Å². The summed E-state index contributed by atoms with van der Waals surface area (Å²) in [4.78, 5) is 51.9. The number of nitrogens with one attached hydrogen (secondary N) is 3. The molecule has 15 heteroatoms. The van der Waals surface area contributed by atoms with Crippen molar-refractivity contribution >= 4 is 19.6 Å². The van der Waals surface area contributed by atoms with Crippen LogP contribution in [0.5, 0.6) is 0 Å². The van der Waals surface area contributed by atoms with Gasteiger partial charge in [-0.25, -0.2) is 15.0 Å². The number of carbonyl (C=O) groups is 2. The van der Waals surface area contributed by atoms with Gasteiger partial charge in [-0.2, -0.15) is 0 Å². The Bertz CT molecular complexity index is 1280. The lowest BCUT2D eigenvalue weighted by Crippen LogP contribution is -2.45. The summed E-state index contributed by atoms with van der Waals surface area (Å²) in [6, 6.07) is -1.02. The number of hydrogen-bond acceptors (Lipinski definition) is 10. The zero-order chi connectivity index (χ0) is 31.9. The standard InChI is InChI=1S/C29H45N4O10P/c1-4-29(17-23(34)25(43-29)33-16-15-24(35)30-28(33)38)18-40-44(39,31-19(2)26(36)41-21-11-7-5-8-12-21)32-20(3)27(37)42-22-13-9-6-10-14-22/h4,15-16,19-23,25,34H,1,5-14,17-18H2,2-3H3,(H,30,35,38)(H2,31,32,39)/t19-,20-,23+,25+,29-/m0/s1. The highest BCUT2D eigenvalue weighted by Gasteiger charge is 2.47. The van der Waals surface area contributed by atoms with E-state index in [2.05, 4.69) is 21.7 Å². The van der Waals surface area contributed by atoms with Crippen LogP contribution < -0.4 is 21.4 Å². The lowest BCUT2D eigenvalue weighted by atomic mass is 9.98. The normalized spacial score (nSPS) is 26.5. The Hall–Kier alpha value is -2.61. The number of aliphatic hydroxyl groups excluding tert-OH is 1. The summed E-state index contributed by atoms with van der Waals surface area (Å²) in [5.74, 6) is -1.22. The van der Waals surface area contributed by atoms with Crippen molar-refractivity contribution in [3.8, 4) is 0 Å². The Balaban J connectivity index is 1.48. The van der Waals surface area contributed by atoms with Gasteiger partial charge in [-0.3, -0.25) is 28.5 Å². The number of hydrogen-bond donors (Lipinski definition) is 4. The molecule has 0 aromatic carbocycles. The minimum absolute atomic E-state index is 0.0920. The maximum Gasteiger partial charge on any atom is 0.342 e. The summed E-state index contributed by atoms with van der Waals surface area (Å²) in [7, 11) is -4.21. The third-order valence-electron chi connectivity index (χ3n) is 8.33. The van der Waals surface area contributed by atoms with Gasteiger partial charge in [-0.05, 0) is 65.2 Å². The Kier molecular flexibility index (Phi) is 11.8. The predicted octanol–water partition coefficient (Wildman–Crippen LogP) is 2.57. The van der Waals surface area contributed by atoms with Crippen molar-refractivity contribution < 1.29 is 38.0 Å². The molecule has 0 unspecified atom stereocenters. The van der Waals surface area contributed by atoms with E-state index in [0.717, 1.165) is 74.8 Å². The smallest absolute Gasteiger partial charge is 0.342 e. The molecule has 0 spiro atoms. The third kappa shape index (κ3) is 8.98. The fourth-order valence-corrected chi connectivity index (χ4v) is 7.66. The molecule has 1 aromatic rings. The zero-order valence-electron chi connectivity index (χ0n) is 25.4. The van der Waals surface area contributed by atoms with Gasteiger partial charge in [0.2, 0.25) is 0 Å². The maximum absolute atomic E-state index is 14.3. The molecular formula is C29H45N4O10P. The Morgan fingerprint density at radius 2 is 1.59 bits per heavy atom. The van der Waals surface area contributed by atoms with E-state index < -0.39 is 67.5 Å². The van der Waals surface area contributed by atoms with Gasteiger partial charge in [0.1, 0.15) is 36.0 Å². The molecule has 246 valence electrons. The van der Waals surface area contributed by atoms with Gasteiger partial charge in [-0.1, -0.05) is 18.9 Å². The average molecular weight is 641 g/mol. The monoisotopic (exact) mass is 640 g/mol. The zero-order valence-corrected chi connectivity index (χ0v) is 26.3. The SMILES string of the molecule is C=C[C@@]1(COP(=O)(N[C@@H](C)C(=O)OC2CCCCC2)N[C@@H](C)C(=O)OC2CCCCC2)C[C@@H](O)[C@H](n2ccc(=O)[nH]c2=O)O1. The van der Waals surface area contributed by atoms with Crippen molar-refractivity contribution in [1.82, 2.24) is 19.7 Å². The first-order chi connectivity index (χ1) is 20.9. The number of nitrogens with zero attached hydrogens (tertiary/aromatic N) is 1. The minimum atomic E-state index is -4.21. The van der Waals surface area contributed by atoms with E-state index in [1.807, 2.05) is 0 Å². The molecule has 4 rings (SSSR count). The first kappa shape index (κ1) is 34.3. The van der Waals surface area contributed by atoms with E-state index in [9.17, 15) is 28.8 Å². The van der Waals surface area contributed by atoms with E-state index in [1.54, 1.807) is 0 Å². The highest BCUT2D eigenvalue weighted by molar-refractivity contribution is 7.54. The minimum Gasteiger partial charge on any atom is -0.461 e. The molecule has 0 amide bonds. The van der Waals surface area contributed by atoms with Gasteiger partial charge in [0.05, 0.1) is 6.61 Å². The van der Waals surface area contributed by atoms with Crippen molar-refractivity contribution in [3.63, 3.8) is 0 Å². The summed E-state index contributed by atoms with van der Waals surface area (Å²) in [6.45, 7) is 6.33. The topological polar surface area (TPSA) is 187 Å². The molecule has 1 saturated heterocycles. The number of carbonyl (C=O) groups excluding carboxylic acids is 2. The molecule has 44 heavy (non-hydrogen) atoms. The number of aromatic nitrogens is 2. The number of H-pyrrole nitrogens is 1. The largest absolute Gasteiger partial charge is 0.461 e. The molecule has 1 aliphatic heterocycles. The van der Waals surface area contributed by atoms with Crippen molar-refractivity contribution in [3.05, 3.63) is 45.8 Å². The molecule has 0 radical (unpaired) electrons. The van der Waals surface area contributed by atoms with E-state index in [-0.39, 0.29) is 18.6 Å². The Labute approximate surface area is 256 Å². The molecule has 2 aliphatic carbocycles. The van der Waals surface area contributed by atoms with Crippen LogP contribution in [-0.4, -0.2) is 69.2 Å². The third-order valence-corrected chi connectivity index (χ3v) is 10.3. The number of rotatable bonds is 13. The van der Waals surface area contributed by atoms with Crippen LogP contribution in [-0.2, 0) is 32.9 Å². The summed E-state index contributed by atoms with van der Waals surface area (Å²) in [5.41, 5.74) is -2.81. The molecule has 3 aliphatic rings. The molecule has 2 heterocycles. The number of aromatic amines is 1. The van der Waals surface area contributed by atoms with E-state index in [1.165, 1.54) is 26.1 Å². The second-order valence-corrected chi connectivity index (χ2v) is 13.9. The van der Waals surface area contributed by atoms with Crippen LogP contribution in [0, 0.1) is 0 Å². The van der Waals surface area contributed by atoms with Crippen LogP contribution in [0.4, 0.5) is 0 Å². The molecule has 3 fully saturated rings. The van der Waals surface area contributed by atoms with Gasteiger partial charge >= 0.3 is 25.3 Å². The highest BCUT2D eigenvalue weighted by Crippen LogP contribution is 2.44.